The molecule has 0 amide bonds. The van der Waals surface area contributed by atoms with Gasteiger partial charge in [0, 0.05) is 6.42 Å². The van der Waals surface area contributed by atoms with Crippen molar-refractivity contribution in [3.63, 3.8) is 0 Å². The van der Waals surface area contributed by atoms with E-state index in [4.69, 9.17) is 8.85 Å². The van der Waals surface area contributed by atoms with E-state index in [9.17, 15) is 4.79 Å². The van der Waals surface area contributed by atoms with Crippen LogP contribution in [0.2, 0.25) is 36.3 Å². The van der Waals surface area contributed by atoms with Crippen LogP contribution >= 0.6 is 0 Å². The van der Waals surface area contributed by atoms with Crippen molar-refractivity contribution in [1.82, 2.24) is 0 Å². The lowest BCUT2D eigenvalue weighted by Crippen LogP contribution is -2.52. The molecule has 0 saturated carbocycles. The Morgan fingerprint density at radius 3 is 1.41 bits per heavy atom. The minimum absolute atomic E-state index is 0.0137. The van der Waals surface area contributed by atoms with Crippen molar-refractivity contribution in [3.8, 4) is 0 Å². The van der Waals surface area contributed by atoms with Crippen LogP contribution in [0.25, 0.3) is 0 Å². The molecular weight excluding hydrogens is 428 g/mol. The third kappa shape index (κ3) is 11.9. The van der Waals surface area contributed by atoms with E-state index in [1.54, 1.807) is 0 Å². The first-order valence-electron chi connectivity index (χ1n) is 13.4. The third-order valence-corrected chi connectivity index (χ3v) is 16.8. The standard InChI is InChI=1S/C27H58O3Si2/c1-12-13-14-15-16-17-18-19-21-24(29-31(8,9)26(2,3)4)25(22-20-23-28)30-32(10,11)27(5,6)7/h23-25H,12-22H2,1-11H3/t24-,25-/m0/s1. The van der Waals surface area contributed by atoms with E-state index >= 15 is 0 Å². The van der Waals surface area contributed by atoms with Gasteiger partial charge in [0.05, 0.1) is 12.2 Å². The Kier molecular flexibility index (Phi) is 14.4. The molecule has 0 saturated heterocycles. The first kappa shape index (κ1) is 32.0. The van der Waals surface area contributed by atoms with Crippen molar-refractivity contribution < 1.29 is 13.6 Å². The molecule has 32 heavy (non-hydrogen) atoms. The second kappa shape index (κ2) is 14.4. The van der Waals surface area contributed by atoms with Crippen molar-refractivity contribution in [3.05, 3.63) is 0 Å². The number of rotatable bonds is 17. The Labute approximate surface area is 204 Å². The molecule has 0 aliphatic rings. The number of carbonyl (C=O) groups excluding carboxylic acids is 1. The highest BCUT2D eigenvalue weighted by atomic mass is 28.4. The first-order valence-corrected chi connectivity index (χ1v) is 19.2. The number of hydrogen-bond acceptors (Lipinski definition) is 3. The molecule has 0 aromatic carbocycles. The summed E-state index contributed by atoms with van der Waals surface area (Å²) >= 11 is 0. The van der Waals surface area contributed by atoms with Gasteiger partial charge in [-0.25, -0.2) is 0 Å². The van der Waals surface area contributed by atoms with E-state index in [0.29, 0.717) is 6.42 Å². The summed E-state index contributed by atoms with van der Waals surface area (Å²) in [5, 5.41) is 0.309. The van der Waals surface area contributed by atoms with Gasteiger partial charge in [-0.3, -0.25) is 0 Å². The average molecular weight is 487 g/mol. The molecule has 0 spiro atoms. The largest absolute Gasteiger partial charge is 0.411 e. The highest BCUT2D eigenvalue weighted by Crippen LogP contribution is 2.41. The zero-order valence-electron chi connectivity index (χ0n) is 23.7. The van der Waals surface area contributed by atoms with E-state index in [-0.39, 0.29) is 22.3 Å². The van der Waals surface area contributed by atoms with Crippen LogP contribution in [0.5, 0.6) is 0 Å². The van der Waals surface area contributed by atoms with E-state index in [0.717, 1.165) is 19.1 Å². The number of hydrogen-bond donors (Lipinski definition) is 0. The number of carbonyl (C=O) groups is 1. The van der Waals surface area contributed by atoms with Gasteiger partial charge >= 0.3 is 0 Å². The summed E-state index contributed by atoms with van der Waals surface area (Å²) in [5.74, 6) is 0. The summed E-state index contributed by atoms with van der Waals surface area (Å²) in [6.07, 6.45) is 14.0. The van der Waals surface area contributed by atoms with Crippen molar-refractivity contribution in [2.75, 3.05) is 0 Å². The quantitative estimate of drug-likeness (QED) is 0.117. The molecule has 0 aromatic rings. The van der Waals surface area contributed by atoms with E-state index in [2.05, 4.69) is 74.7 Å². The SMILES string of the molecule is CCCCCCCCCC[C@H](O[Si](C)(C)C(C)(C)C)[C@H](CCC=O)O[Si](C)(C)C(C)(C)C. The fourth-order valence-electron chi connectivity index (χ4n) is 3.46. The fourth-order valence-corrected chi connectivity index (χ4v) is 6.22. The average Bonchev–Trinajstić information content (AvgIpc) is 2.64. The topological polar surface area (TPSA) is 35.5 Å². The molecular formula is C27H58O3Si2. The van der Waals surface area contributed by atoms with Gasteiger partial charge in [-0.15, -0.1) is 0 Å². The maximum absolute atomic E-state index is 11.3. The summed E-state index contributed by atoms with van der Waals surface area (Å²) in [4.78, 5) is 11.3. The molecule has 0 aromatic heterocycles. The normalized spacial score (nSPS) is 15.6. The molecule has 0 aliphatic heterocycles. The van der Waals surface area contributed by atoms with Gasteiger partial charge in [0.25, 0.3) is 0 Å². The Morgan fingerprint density at radius 2 is 1.03 bits per heavy atom. The van der Waals surface area contributed by atoms with Crippen LogP contribution in [0.1, 0.15) is 119 Å². The molecule has 2 atom stereocenters. The molecule has 0 unspecified atom stereocenters. The lowest BCUT2D eigenvalue weighted by Gasteiger charge is -2.45. The van der Waals surface area contributed by atoms with Crippen LogP contribution < -0.4 is 0 Å². The fraction of sp³-hybridized carbons (Fsp3) is 0.963. The van der Waals surface area contributed by atoms with Crippen molar-refractivity contribution in [2.24, 2.45) is 0 Å². The molecule has 3 nitrogen and oxygen atoms in total. The molecule has 0 heterocycles. The van der Waals surface area contributed by atoms with Gasteiger partial charge < -0.3 is 13.6 Å². The smallest absolute Gasteiger partial charge is 0.192 e. The van der Waals surface area contributed by atoms with E-state index in [1.165, 1.54) is 51.4 Å². The highest BCUT2D eigenvalue weighted by molar-refractivity contribution is 6.74. The van der Waals surface area contributed by atoms with Crippen molar-refractivity contribution in [1.29, 1.82) is 0 Å². The van der Waals surface area contributed by atoms with Gasteiger partial charge in [-0.05, 0) is 49.1 Å². The second-order valence-electron chi connectivity index (χ2n) is 12.8. The first-order chi connectivity index (χ1) is 14.6. The molecule has 0 radical (unpaired) electrons. The van der Waals surface area contributed by atoms with Crippen LogP contribution in [-0.4, -0.2) is 35.1 Å². The van der Waals surface area contributed by atoms with Crippen LogP contribution in [0.15, 0.2) is 0 Å². The summed E-state index contributed by atoms with van der Waals surface area (Å²) in [5.41, 5.74) is 0. The Balaban J connectivity index is 5.36. The zero-order valence-corrected chi connectivity index (χ0v) is 25.7. The Hall–Kier alpha value is 0.0238. The summed E-state index contributed by atoms with van der Waals surface area (Å²) in [6.45, 7) is 25.4. The minimum atomic E-state index is -1.96. The molecule has 0 fully saturated rings. The summed E-state index contributed by atoms with van der Waals surface area (Å²) in [6, 6.07) is 0. The van der Waals surface area contributed by atoms with Crippen LogP contribution in [0.3, 0.4) is 0 Å². The monoisotopic (exact) mass is 486 g/mol. The van der Waals surface area contributed by atoms with Gasteiger partial charge in [0.1, 0.15) is 6.29 Å². The van der Waals surface area contributed by atoms with Gasteiger partial charge in [-0.1, -0.05) is 99.8 Å². The van der Waals surface area contributed by atoms with Crippen LogP contribution in [0.4, 0.5) is 0 Å². The summed E-state index contributed by atoms with van der Waals surface area (Å²) < 4.78 is 13.9. The predicted molar refractivity (Wildman–Crippen MR) is 147 cm³/mol. The van der Waals surface area contributed by atoms with Gasteiger partial charge in [0.15, 0.2) is 16.6 Å². The number of unbranched alkanes of at least 4 members (excludes halogenated alkanes) is 7. The number of aldehydes is 1. The molecule has 0 N–H and O–H groups in total. The highest BCUT2D eigenvalue weighted by Gasteiger charge is 2.44. The third-order valence-electron chi connectivity index (χ3n) is 7.83. The Morgan fingerprint density at radius 1 is 0.656 bits per heavy atom. The van der Waals surface area contributed by atoms with Crippen molar-refractivity contribution >= 4 is 22.9 Å². The molecule has 0 rings (SSSR count). The van der Waals surface area contributed by atoms with E-state index in [1.807, 2.05) is 0 Å². The lowest BCUT2D eigenvalue weighted by atomic mass is 10.0. The van der Waals surface area contributed by atoms with Crippen molar-refractivity contribution in [2.45, 2.75) is 168 Å². The van der Waals surface area contributed by atoms with Crippen LogP contribution in [0, 0.1) is 0 Å². The second-order valence-corrected chi connectivity index (χ2v) is 22.4. The van der Waals surface area contributed by atoms with Gasteiger partial charge in [-0.2, -0.15) is 0 Å². The molecule has 0 aliphatic carbocycles. The lowest BCUT2D eigenvalue weighted by molar-refractivity contribution is -0.108. The molecule has 192 valence electrons. The van der Waals surface area contributed by atoms with E-state index < -0.39 is 16.6 Å². The van der Waals surface area contributed by atoms with Gasteiger partial charge in [0.2, 0.25) is 0 Å². The summed E-state index contributed by atoms with van der Waals surface area (Å²) in [7, 11) is -3.89. The Bertz CT molecular complexity index is 504. The zero-order chi connectivity index (χ0) is 25.1. The maximum Gasteiger partial charge on any atom is 0.192 e. The maximum atomic E-state index is 11.3. The molecule has 5 heteroatoms. The van der Waals surface area contributed by atoms with Crippen LogP contribution in [-0.2, 0) is 13.6 Å². The molecule has 0 bridgehead atoms. The predicted octanol–water partition coefficient (Wildman–Crippen LogP) is 9.28. The minimum Gasteiger partial charge on any atom is -0.411 e.